The van der Waals surface area contributed by atoms with E-state index in [0.717, 1.165) is 29.6 Å². The highest BCUT2D eigenvalue weighted by Gasteiger charge is 2.14. The standard InChI is InChI=1S/C18H25N3O/c1-14(13-21-8-4-5-9-21)11-19-12-16-10-15-6-2-3-7-17(15)20-18(16)22/h2-3,6-7,10,14,19H,4-5,8-9,11-13H2,1H3,(H,20,22). The van der Waals surface area contributed by atoms with Gasteiger partial charge in [-0.15, -0.1) is 0 Å². The van der Waals surface area contributed by atoms with Crippen molar-refractivity contribution in [3.05, 3.63) is 46.2 Å². The Labute approximate surface area is 131 Å². The summed E-state index contributed by atoms with van der Waals surface area (Å²) in [5.41, 5.74) is 1.73. The van der Waals surface area contributed by atoms with Crippen LogP contribution >= 0.6 is 0 Å². The number of nitrogens with one attached hydrogen (secondary N) is 2. The maximum absolute atomic E-state index is 12.1. The molecule has 1 saturated heterocycles. The monoisotopic (exact) mass is 299 g/mol. The number of H-pyrrole nitrogens is 1. The number of fused-ring (bicyclic) bond motifs is 1. The quantitative estimate of drug-likeness (QED) is 0.861. The number of pyridine rings is 1. The van der Waals surface area contributed by atoms with Gasteiger partial charge in [0.05, 0.1) is 0 Å². The first kappa shape index (κ1) is 15.3. The molecule has 2 aromatic rings. The van der Waals surface area contributed by atoms with Crippen LogP contribution in [0.2, 0.25) is 0 Å². The van der Waals surface area contributed by atoms with Crippen molar-refractivity contribution >= 4 is 10.9 Å². The lowest BCUT2D eigenvalue weighted by molar-refractivity contribution is 0.282. The van der Waals surface area contributed by atoms with Gasteiger partial charge in [-0.25, -0.2) is 0 Å². The summed E-state index contributed by atoms with van der Waals surface area (Å²) in [5.74, 6) is 0.609. The number of nitrogens with zero attached hydrogens (tertiary/aromatic N) is 1. The van der Waals surface area contributed by atoms with Crippen LogP contribution in [0.1, 0.15) is 25.3 Å². The lowest BCUT2D eigenvalue weighted by Gasteiger charge is -2.20. The molecule has 0 amide bonds. The first-order chi connectivity index (χ1) is 10.7. The first-order valence-electron chi connectivity index (χ1n) is 8.26. The van der Waals surface area contributed by atoms with Gasteiger partial charge in [0.2, 0.25) is 0 Å². The molecule has 4 heteroatoms. The van der Waals surface area contributed by atoms with E-state index in [9.17, 15) is 4.79 Å². The van der Waals surface area contributed by atoms with E-state index in [0.29, 0.717) is 12.5 Å². The van der Waals surface area contributed by atoms with Gasteiger partial charge < -0.3 is 15.2 Å². The Kier molecular flexibility index (Phi) is 4.90. The molecule has 3 rings (SSSR count). The molecule has 1 aromatic heterocycles. The number of aromatic amines is 1. The van der Waals surface area contributed by atoms with Crippen LogP contribution in [0.25, 0.3) is 10.9 Å². The van der Waals surface area contributed by atoms with Crippen molar-refractivity contribution in [1.29, 1.82) is 0 Å². The lowest BCUT2D eigenvalue weighted by Crippen LogP contribution is -2.32. The van der Waals surface area contributed by atoms with Gasteiger partial charge >= 0.3 is 0 Å². The summed E-state index contributed by atoms with van der Waals surface area (Å²) in [6.07, 6.45) is 2.68. The molecule has 118 valence electrons. The van der Waals surface area contributed by atoms with Crippen LogP contribution in [-0.2, 0) is 6.54 Å². The maximum Gasteiger partial charge on any atom is 0.252 e. The fraction of sp³-hybridized carbons (Fsp3) is 0.500. The molecule has 2 heterocycles. The molecule has 0 radical (unpaired) electrons. The van der Waals surface area contributed by atoms with E-state index in [4.69, 9.17) is 0 Å². The third-order valence-corrected chi connectivity index (χ3v) is 4.41. The molecular formula is C18H25N3O. The molecule has 0 bridgehead atoms. The largest absolute Gasteiger partial charge is 0.322 e. The van der Waals surface area contributed by atoms with Gasteiger partial charge in [0.15, 0.2) is 0 Å². The normalized spacial score (nSPS) is 17.1. The highest BCUT2D eigenvalue weighted by molar-refractivity contribution is 5.78. The summed E-state index contributed by atoms with van der Waals surface area (Å²) >= 11 is 0. The van der Waals surface area contributed by atoms with E-state index in [-0.39, 0.29) is 5.56 Å². The predicted octanol–water partition coefficient (Wildman–Crippen LogP) is 2.35. The molecule has 2 N–H and O–H groups in total. The summed E-state index contributed by atoms with van der Waals surface area (Å²) < 4.78 is 0. The Morgan fingerprint density at radius 2 is 2.05 bits per heavy atom. The van der Waals surface area contributed by atoms with Gasteiger partial charge in [-0.2, -0.15) is 0 Å². The second-order valence-corrected chi connectivity index (χ2v) is 6.45. The van der Waals surface area contributed by atoms with Crippen molar-refractivity contribution < 1.29 is 0 Å². The minimum Gasteiger partial charge on any atom is -0.322 e. The Morgan fingerprint density at radius 1 is 1.27 bits per heavy atom. The molecule has 1 unspecified atom stereocenters. The molecule has 0 aliphatic carbocycles. The van der Waals surface area contributed by atoms with Crippen LogP contribution in [0.3, 0.4) is 0 Å². The number of rotatable bonds is 6. The Hall–Kier alpha value is -1.65. The number of likely N-dealkylation sites (tertiary alicyclic amines) is 1. The molecule has 0 spiro atoms. The minimum absolute atomic E-state index is 0.0124. The van der Waals surface area contributed by atoms with E-state index >= 15 is 0 Å². The zero-order valence-electron chi connectivity index (χ0n) is 13.3. The summed E-state index contributed by atoms with van der Waals surface area (Å²) in [6, 6.07) is 9.90. The number of para-hydroxylation sites is 1. The van der Waals surface area contributed by atoms with Crippen molar-refractivity contribution in [3.8, 4) is 0 Å². The number of hydrogen-bond donors (Lipinski definition) is 2. The van der Waals surface area contributed by atoms with Gasteiger partial charge in [0, 0.05) is 24.2 Å². The van der Waals surface area contributed by atoms with Crippen molar-refractivity contribution in [2.24, 2.45) is 5.92 Å². The minimum atomic E-state index is 0.0124. The van der Waals surface area contributed by atoms with Gasteiger partial charge in [-0.3, -0.25) is 4.79 Å². The third kappa shape index (κ3) is 3.76. The second kappa shape index (κ2) is 7.07. The zero-order chi connectivity index (χ0) is 15.4. The summed E-state index contributed by atoms with van der Waals surface area (Å²) in [6.45, 7) is 7.49. The molecule has 22 heavy (non-hydrogen) atoms. The highest BCUT2D eigenvalue weighted by atomic mass is 16.1. The van der Waals surface area contributed by atoms with E-state index in [1.807, 2.05) is 30.3 Å². The van der Waals surface area contributed by atoms with Crippen LogP contribution < -0.4 is 10.9 Å². The van der Waals surface area contributed by atoms with Crippen molar-refractivity contribution in [2.75, 3.05) is 26.2 Å². The summed E-state index contributed by atoms with van der Waals surface area (Å²) in [7, 11) is 0. The molecule has 1 atom stereocenters. The Balaban J connectivity index is 1.54. The third-order valence-electron chi connectivity index (χ3n) is 4.41. The summed E-state index contributed by atoms with van der Waals surface area (Å²) in [4.78, 5) is 17.6. The average molecular weight is 299 g/mol. The topological polar surface area (TPSA) is 48.1 Å². The fourth-order valence-electron chi connectivity index (χ4n) is 3.25. The predicted molar refractivity (Wildman–Crippen MR) is 91.1 cm³/mol. The van der Waals surface area contributed by atoms with Crippen molar-refractivity contribution in [2.45, 2.75) is 26.3 Å². The van der Waals surface area contributed by atoms with Crippen LogP contribution in [0.5, 0.6) is 0 Å². The van der Waals surface area contributed by atoms with E-state index in [1.165, 1.54) is 25.9 Å². The number of hydrogen-bond acceptors (Lipinski definition) is 3. The van der Waals surface area contributed by atoms with Crippen LogP contribution in [0.4, 0.5) is 0 Å². The first-order valence-corrected chi connectivity index (χ1v) is 8.26. The molecule has 1 aliphatic heterocycles. The molecule has 1 fully saturated rings. The van der Waals surface area contributed by atoms with Crippen molar-refractivity contribution in [1.82, 2.24) is 15.2 Å². The van der Waals surface area contributed by atoms with Gasteiger partial charge in [0.1, 0.15) is 0 Å². The van der Waals surface area contributed by atoms with Gasteiger partial charge in [0.25, 0.3) is 5.56 Å². The smallest absolute Gasteiger partial charge is 0.252 e. The summed E-state index contributed by atoms with van der Waals surface area (Å²) in [5, 5.41) is 4.52. The van der Waals surface area contributed by atoms with E-state index < -0.39 is 0 Å². The molecular weight excluding hydrogens is 274 g/mol. The van der Waals surface area contributed by atoms with Crippen LogP contribution in [-0.4, -0.2) is 36.1 Å². The van der Waals surface area contributed by atoms with E-state index in [1.54, 1.807) is 0 Å². The maximum atomic E-state index is 12.1. The van der Waals surface area contributed by atoms with Gasteiger partial charge in [-0.05, 0) is 55.9 Å². The van der Waals surface area contributed by atoms with Gasteiger partial charge in [-0.1, -0.05) is 25.1 Å². The van der Waals surface area contributed by atoms with E-state index in [2.05, 4.69) is 22.1 Å². The molecule has 4 nitrogen and oxygen atoms in total. The SMILES string of the molecule is CC(CNCc1cc2ccccc2[nH]c1=O)CN1CCCC1. The second-order valence-electron chi connectivity index (χ2n) is 6.45. The molecule has 0 saturated carbocycles. The van der Waals surface area contributed by atoms with Crippen molar-refractivity contribution in [3.63, 3.8) is 0 Å². The average Bonchev–Trinajstić information content (AvgIpc) is 3.00. The van der Waals surface area contributed by atoms with Crippen LogP contribution in [0, 0.1) is 5.92 Å². The Morgan fingerprint density at radius 3 is 2.86 bits per heavy atom. The Bertz CT molecular complexity index is 673. The number of aromatic nitrogens is 1. The molecule has 1 aromatic carbocycles. The highest BCUT2D eigenvalue weighted by Crippen LogP contribution is 2.11. The fourth-order valence-corrected chi connectivity index (χ4v) is 3.25. The lowest BCUT2D eigenvalue weighted by atomic mass is 10.1. The molecule has 1 aliphatic rings. The zero-order valence-corrected chi connectivity index (χ0v) is 13.3. The van der Waals surface area contributed by atoms with Crippen LogP contribution in [0.15, 0.2) is 35.1 Å². The number of benzene rings is 1.